The van der Waals surface area contributed by atoms with Crippen LogP contribution in [-0.2, 0) is 4.79 Å². The van der Waals surface area contributed by atoms with Gasteiger partial charge in [0.1, 0.15) is 5.02 Å². The molecule has 1 rings (SSSR count). The monoisotopic (exact) mass is 258 g/mol. The van der Waals surface area contributed by atoms with E-state index in [-0.39, 0.29) is 11.9 Å². The van der Waals surface area contributed by atoms with Gasteiger partial charge in [-0.05, 0) is 0 Å². The number of amides is 1. The Morgan fingerprint density at radius 3 is 2.88 bits per heavy atom. The van der Waals surface area contributed by atoms with E-state index in [4.69, 9.17) is 17.4 Å². The molecule has 0 aromatic carbocycles. The summed E-state index contributed by atoms with van der Waals surface area (Å²) in [5.74, 6) is 5.91. The second-order valence-corrected chi connectivity index (χ2v) is 3.91. The van der Waals surface area contributed by atoms with Gasteiger partial charge >= 0.3 is 0 Å². The number of hydrazine groups is 1. The predicted molar refractivity (Wildman–Crippen MR) is 66.7 cm³/mol. The van der Waals surface area contributed by atoms with Crippen molar-refractivity contribution in [3.63, 3.8) is 0 Å². The number of nitrogens with zero attached hydrogens (tertiary/aromatic N) is 3. The maximum absolute atomic E-state index is 11.3. The van der Waals surface area contributed by atoms with Gasteiger partial charge in [0.2, 0.25) is 11.9 Å². The van der Waals surface area contributed by atoms with Gasteiger partial charge in [-0.25, -0.2) is 10.8 Å². The van der Waals surface area contributed by atoms with Crippen LogP contribution >= 0.6 is 11.6 Å². The fourth-order valence-electron chi connectivity index (χ4n) is 1.07. The number of nitrogen functional groups attached to an aromatic ring is 1. The number of nitrogens with two attached hydrogens (primary N) is 1. The summed E-state index contributed by atoms with van der Waals surface area (Å²) in [6.07, 6.45) is 1.79. The molecule has 1 aromatic rings. The Balaban J connectivity index is 2.54. The molecule has 4 N–H and O–H groups in total. The summed E-state index contributed by atoms with van der Waals surface area (Å²) in [6.45, 7) is 0.442. The Morgan fingerprint density at radius 2 is 2.29 bits per heavy atom. The molecule has 1 amide bonds. The van der Waals surface area contributed by atoms with Gasteiger partial charge in [-0.15, -0.1) is 0 Å². The van der Waals surface area contributed by atoms with E-state index >= 15 is 0 Å². The number of halogens is 1. The molecule has 8 heteroatoms. The maximum atomic E-state index is 11.3. The van der Waals surface area contributed by atoms with Gasteiger partial charge in [0.25, 0.3) is 0 Å². The van der Waals surface area contributed by atoms with Crippen LogP contribution in [0.4, 0.5) is 11.8 Å². The molecule has 17 heavy (non-hydrogen) atoms. The lowest BCUT2D eigenvalue weighted by molar-refractivity contribution is -0.128. The molecule has 0 saturated carbocycles. The van der Waals surface area contributed by atoms with Crippen molar-refractivity contribution in [1.29, 1.82) is 0 Å². The van der Waals surface area contributed by atoms with Crippen molar-refractivity contribution in [2.75, 3.05) is 31.4 Å². The molecule has 7 nitrogen and oxygen atoms in total. The minimum absolute atomic E-state index is 0.0276. The standard InChI is InChI=1S/C9H15ClN6O/c1-16(2)7(17)3-4-12-8-6(10)5-13-9(14-8)15-11/h5H,3-4,11H2,1-2H3,(H2,12,13,14,15). The summed E-state index contributed by atoms with van der Waals surface area (Å²) in [5, 5.41) is 3.32. The highest BCUT2D eigenvalue weighted by Crippen LogP contribution is 2.18. The third kappa shape index (κ3) is 4.04. The zero-order valence-electron chi connectivity index (χ0n) is 9.70. The van der Waals surface area contributed by atoms with Gasteiger partial charge < -0.3 is 10.2 Å². The minimum atomic E-state index is 0.0276. The van der Waals surface area contributed by atoms with Crippen molar-refractivity contribution in [1.82, 2.24) is 14.9 Å². The highest BCUT2D eigenvalue weighted by Gasteiger charge is 2.06. The van der Waals surface area contributed by atoms with Crippen LogP contribution in [0.1, 0.15) is 6.42 Å². The molecule has 0 aliphatic rings. The van der Waals surface area contributed by atoms with Crippen LogP contribution in [0.25, 0.3) is 0 Å². The number of carbonyl (C=O) groups excluding carboxylic acids is 1. The number of nitrogens with one attached hydrogen (secondary N) is 2. The summed E-state index contributed by atoms with van der Waals surface area (Å²) in [4.78, 5) is 20.7. The first kappa shape index (κ1) is 13.5. The lowest BCUT2D eigenvalue weighted by Gasteiger charge is -2.11. The Morgan fingerprint density at radius 1 is 1.59 bits per heavy atom. The van der Waals surface area contributed by atoms with E-state index in [1.165, 1.54) is 11.1 Å². The van der Waals surface area contributed by atoms with Gasteiger partial charge in [-0.1, -0.05) is 11.6 Å². The molecule has 0 radical (unpaired) electrons. The Hall–Kier alpha value is -1.60. The van der Waals surface area contributed by atoms with Crippen LogP contribution in [-0.4, -0.2) is 41.4 Å². The van der Waals surface area contributed by atoms with E-state index in [0.717, 1.165) is 0 Å². The van der Waals surface area contributed by atoms with Crippen LogP contribution in [0.3, 0.4) is 0 Å². The molecular formula is C9H15ClN6O. The molecule has 0 bridgehead atoms. The number of aromatic nitrogens is 2. The van der Waals surface area contributed by atoms with Crippen LogP contribution in [0.5, 0.6) is 0 Å². The first-order valence-electron chi connectivity index (χ1n) is 4.97. The molecule has 0 spiro atoms. The van der Waals surface area contributed by atoms with Crippen molar-refractivity contribution < 1.29 is 4.79 Å². The first-order valence-corrected chi connectivity index (χ1v) is 5.35. The van der Waals surface area contributed by atoms with Crippen molar-refractivity contribution in [3.8, 4) is 0 Å². The van der Waals surface area contributed by atoms with E-state index in [1.54, 1.807) is 14.1 Å². The Labute approximate surface area is 104 Å². The molecule has 0 atom stereocenters. The molecule has 0 saturated heterocycles. The molecular weight excluding hydrogens is 244 g/mol. The highest BCUT2D eigenvalue weighted by atomic mass is 35.5. The minimum Gasteiger partial charge on any atom is -0.368 e. The number of hydrogen-bond donors (Lipinski definition) is 3. The smallest absolute Gasteiger partial charge is 0.239 e. The summed E-state index contributed by atoms with van der Waals surface area (Å²) < 4.78 is 0. The topological polar surface area (TPSA) is 96.2 Å². The Bertz CT molecular complexity index is 397. The largest absolute Gasteiger partial charge is 0.368 e. The molecule has 0 unspecified atom stereocenters. The Kier molecular flexibility index (Phi) is 4.92. The summed E-state index contributed by atoms with van der Waals surface area (Å²) >= 11 is 5.88. The van der Waals surface area contributed by atoms with Crippen LogP contribution in [0, 0.1) is 0 Å². The summed E-state index contributed by atoms with van der Waals surface area (Å²) in [5.41, 5.74) is 2.32. The molecule has 0 aliphatic heterocycles. The number of hydrogen-bond acceptors (Lipinski definition) is 6. The second kappa shape index (κ2) is 6.21. The van der Waals surface area contributed by atoms with Gasteiger partial charge in [0.15, 0.2) is 5.82 Å². The molecule has 94 valence electrons. The first-order chi connectivity index (χ1) is 8.04. The zero-order chi connectivity index (χ0) is 12.8. The summed E-state index contributed by atoms with van der Waals surface area (Å²) in [7, 11) is 3.41. The number of anilines is 2. The van der Waals surface area contributed by atoms with Gasteiger partial charge in [-0.3, -0.25) is 10.2 Å². The fraction of sp³-hybridized carbons (Fsp3) is 0.444. The van der Waals surface area contributed by atoms with Crippen LogP contribution < -0.4 is 16.6 Å². The van der Waals surface area contributed by atoms with E-state index in [0.29, 0.717) is 23.8 Å². The molecule has 0 fully saturated rings. The van der Waals surface area contributed by atoms with Crippen LogP contribution in [0.15, 0.2) is 6.20 Å². The molecule has 1 aromatic heterocycles. The van der Waals surface area contributed by atoms with Gasteiger partial charge in [-0.2, -0.15) is 4.98 Å². The second-order valence-electron chi connectivity index (χ2n) is 3.50. The van der Waals surface area contributed by atoms with E-state index in [2.05, 4.69) is 20.7 Å². The third-order valence-electron chi connectivity index (χ3n) is 2.00. The fourth-order valence-corrected chi connectivity index (χ4v) is 1.23. The quantitative estimate of drug-likeness (QED) is 0.520. The zero-order valence-corrected chi connectivity index (χ0v) is 10.5. The van der Waals surface area contributed by atoms with Crippen LogP contribution in [0.2, 0.25) is 5.02 Å². The van der Waals surface area contributed by atoms with Gasteiger partial charge in [0.05, 0.1) is 6.20 Å². The maximum Gasteiger partial charge on any atom is 0.239 e. The number of rotatable bonds is 5. The van der Waals surface area contributed by atoms with Gasteiger partial charge in [0, 0.05) is 27.1 Å². The van der Waals surface area contributed by atoms with E-state index < -0.39 is 0 Å². The molecule has 1 heterocycles. The highest BCUT2D eigenvalue weighted by molar-refractivity contribution is 6.32. The SMILES string of the molecule is CN(C)C(=O)CCNc1nc(NN)ncc1Cl. The van der Waals surface area contributed by atoms with Crippen molar-refractivity contribution in [2.24, 2.45) is 5.84 Å². The lowest BCUT2D eigenvalue weighted by atomic mass is 10.4. The molecule has 0 aliphatic carbocycles. The number of carbonyl (C=O) groups is 1. The normalized spacial score (nSPS) is 9.88. The average molecular weight is 259 g/mol. The van der Waals surface area contributed by atoms with E-state index in [9.17, 15) is 4.79 Å². The van der Waals surface area contributed by atoms with Crippen molar-refractivity contribution >= 4 is 29.3 Å². The lowest BCUT2D eigenvalue weighted by Crippen LogP contribution is -2.24. The van der Waals surface area contributed by atoms with Crippen molar-refractivity contribution in [2.45, 2.75) is 6.42 Å². The van der Waals surface area contributed by atoms with Crippen molar-refractivity contribution in [3.05, 3.63) is 11.2 Å². The predicted octanol–water partition coefficient (Wildman–Crippen LogP) is 0.306. The summed E-state index contributed by atoms with van der Waals surface area (Å²) in [6, 6.07) is 0. The average Bonchev–Trinajstić information content (AvgIpc) is 2.31. The third-order valence-corrected chi connectivity index (χ3v) is 2.28. The van der Waals surface area contributed by atoms with E-state index in [1.807, 2.05) is 0 Å².